The van der Waals surface area contributed by atoms with E-state index < -0.39 is 0 Å². The smallest absolute Gasteiger partial charge is 0.206 e. The van der Waals surface area contributed by atoms with Crippen molar-refractivity contribution in [1.82, 2.24) is 0 Å². The minimum absolute atomic E-state index is 0.0569. The zero-order valence-electron chi connectivity index (χ0n) is 12.9. The van der Waals surface area contributed by atoms with Gasteiger partial charge in [-0.05, 0) is 23.1 Å². The highest BCUT2D eigenvalue weighted by Crippen LogP contribution is 2.38. The normalized spacial score (nSPS) is 11.8. The SMILES string of the molecule is CC(C)(C)c1ccc(C(=O)c2sc3ccccc3c2O)cc1. The fourth-order valence-electron chi connectivity index (χ4n) is 2.44. The Morgan fingerprint density at radius 2 is 1.64 bits per heavy atom. The standard InChI is InChI=1S/C19H18O2S/c1-19(2,3)13-10-8-12(9-11-13)16(20)18-17(21)14-6-4-5-7-15(14)22-18/h4-11,21H,1-3H3. The Morgan fingerprint density at radius 3 is 2.23 bits per heavy atom. The van der Waals surface area contributed by atoms with Crippen molar-refractivity contribution in [3.63, 3.8) is 0 Å². The van der Waals surface area contributed by atoms with Crippen LogP contribution in [0.2, 0.25) is 0 Å². The molecule has 2 aromatic carbocycles. The highest BCUT2D eigenvalue weighted by atomic mass is 32.1. The number of rotatable bonds is 2. The Balaban J connectivity index is 2.01. The minimum Gasteiger partial charge on any atom is -0.506 e. The molecule has 1 heterocycles. The van der Waals surface area contributed by atoms with E-state index >= 15 is 0 Å². The van der Waals surface area contributed by atoms with Crippen LogP contribution in [0.15, 0.2) is 48.5 Å². The third-order valence-corrected chi connectivity index (χ3v) is 4.95. The molecule has 0 saturated carbocycles. The molecule has 1 N–H and O–H groups in total. The van der Waals surface area contributed by atoms with Crippen molar-refractivity contribution in [2.24, 2.45) is 0 Å². The zero-order chi connectivity index (χ0) is 15.9. The van der Waals surface area contributed by atoms with Crippen molar-refractivity contribution in [2.75, 3.05) is 0 Å². The van der Waals surface area contributed by atoms with E-state index in [0.717, 1.165) is 10.1 Å². The first-order chi connectivity index (χ1) is 10.4. The van der Waals surface area contributed by atoms with Crippen molar-refractivity contribution in [2.45, 2.75) is 26.2 Å². The lowest BCUT2D eigenvalue weighted by molar-refractivity contribution is 0.104. The highest BCUT2D eigenvalue weighted by molar-refractivity contribution is 7.21. The molecule has 0 aliphatic carbocycles. The van der Waals surface area contributed by atoms with Gasteiger partial charge in [0, 0.05) is 15.6 Å². The summed E-state index contributed by atoms with van der Waals surface area (Å²) in [5, 5.41) is 11.0. The van der Waals surface area contributed by atoms with Crippen LogP contribution in [0.1, 0.15) is 41.6 Å². The van der Waals surface area contributed by atoms with Crippen LogP contribution in [-0.2, 0) is 5.41 Å². The molecule has 0 atom stereocenters. The van der Waals surface area contributed by atoms with Crippen LogP contribution in [0, 0.1) is 0 Å². The van der Waals surface area contributed by atoms with Gasteiger partial charge in [0.05, 0.1) is 0 Å². The van der Waals surface area contributed by atoms with Crippen LogP contribution >= 0.6 is 11.3 Å². The molecule has 0 unspecified atom stereocenters. The average molecular weight is 310 g/mol. The fourth-order valence-corrected chi connectivity index (χ4v) is 3.50. The summed E-state index contributed by atoms with van der Waals surface area (Å²) in [5.74, 6) is -0.0374. The van der Waals surface area contributed by atoms with Crippen molar-refractivity contribution in [1.29, 1.82) is 0 Å². The average Bonchev–Trinajstić information content (AvgIpc) is 2.83. The third-order valence-electron chi connectivity index (χ3n) is 3.79. The van der Waals surface area contributed by atoms with E-state index in [4.69, 9.17) is 0 Å². The van der Waals surface area contributed by atoms with Gasteiger partial charge in [0.15, 0.2) is 0 Å². The lowest BCUT2D eigenvalue weighted by atomic mass is 9.86. The van der Waals surface area contributed by atoms with Gasteiger partial charge in [0.2, 0.25) is 5.78 Å². The Labute approximate surface area is 134 Å². The van der Waals surface area contributed by atoms with Gasteiger partial charge >= 0.3 is 0 Å². The first kappa shape index (κ1) is 14.8. The number of ketones is 1. The Hall–Kier alpha value is -2.13. The lowest BCUT2D eigenvalue weighted by Crippen LogP contribution is -2.11. The largest absolute Gasteiger partial charge is 0.506 e. The maximum atomic E-state index is 12.6. The van der Waals surface area contributed by atoms with E-state index in [1.54, 1.807) is 0 Å². The molecule has 3 heteroatoms. The van der Waals surface area contributed by atoms with Gasteiger partial charge in [-0.15, -0.1) is 11.3 Å². The van der Waals surface area contributed by atoms with Crippen LogP contribution in [0.4, 0.5) is 0 Å². The second-order valence-electron chi connectivity index (χ2n) is 6.43. The predicted molar refractivity (Wildman–Crippen MR) is 92.1 cm³/mol. The minimum atomic E-state index is -0.126. The van der Waals surface area contributed by atoms with Gasteiger partial charge in [0.1, 0.15) is 10.6 Å². The summed E-state index contributed by atoms with van der Waals surface area (Å²) in [6.07, 6.45) is 0. The van der Waals surface area contributed by atoms with Crippen LogP contribution < -0.4 is 0 Å². The molecule has 1 aromatic heterocycles. The van der Waals surface area contributed by atoms with Gasteiger partial charge < -0.3 is 5.11 Å². The number of hydrogen-bond acceptors (Lipinski definition) is 3. The Morgan fingerprint density at radius 1 is 1.00 bits per heavy atom. The number of hydrogen-bond donors (Lipinski definition) is 1. The van der Waals surface area contributed by atoms with Gasteiger partial charge in [-0.3, -0.25) is 4.79 Å². The molecule has 0 aliphatic rings. The molecule has 112 valence electrons. The molecule has 22 heavy (non-hydrogen) atoms. The van der Waals surface area contributed by atoms with Crippen LogP contribution in [0.3, 0.4) is 0 Å². The fraction of sp³-hybridized carbons (Fsp3) is 0.211. The third kappa shape index (κ3) is 2.53. The molecule has 0 spiro atoms. The molecular formula is C19H18O2S. The lowest BCUT2D eigenvalue weighted by Gasteiger charge is -2.18. The van der Waals surface area contributed by atoms with Crippen molar-refractivity contribution in [3.8, 4) is 5.75 Å². The monoisotopic (exact) mass is 310 g/mol. The summed E-state index contributed by atoms with van der Waals surface area (Å²) >= 11 is 1.34. The first-order valence-corrected chi connectivity index (χ1v) is 8.05. The molecular weight excluding hydrogens is 292 g/mol. The summed E-state index contributed by atoms with van der Waals surface area (Å²) in [6, 6.07) is 15.2. The Bertz CT molecular complexity index is 836. The molecule has 0 amide bonds. The molecule has 0 fully saturated rings. The number of carbonyl (C=O) groups is 1. The zero-order valence-corrected chi connectivity index (χ0v) is 13.7. The summed E-state index contributed by atoms with van der Waals surface area (Å²) in [7, 11) is 0. The van der Waals surface area contributed by atoms with E-state index in [9.17, 15) is 9.90 Å². The maximum Gasteiger partial charge on any atom is 0.206 e. The molecule has 0 radical (unpaired) electrons. The van der Waals surface area contributed by atoms with Crippen LogP contribution in [0.5, 0.6) is 5.75 Å². The highest BCUT2D eigenvalue weighted by Gasteiger charge is 2.20. The number of benzene rings is 2. The van der Waals surface area contributed by atoms with E-state index in [0.29, 0.717) is 10.4 Å². The predicted octanol–water partition coefficient (Wildman–Crippen LogP) is 5.14. The molecule has 0 aliphatic heterocycles. The Kier molecular flexibility index (Phi) is 3.53. The summed E-state index contributed by atoms with van der Waals surface area (Å²) in [4.78, 5) is 13.1. The summed E-state index contributed by atoms with van der Waals surface area (Å²) in [5.41, 5.74) is 1.85. The van der Waals surface area contributed by atoms with E-state index in [2.05, 4.69) is 20.8 Å². The van der Waals surface area contributed by atoms with Gasteiger partial charge in [0.25, 0.3) is 0 Å². The summed E-state index contributed by atoms with van der Waals surface area (Å²) < 4.78 is 0.926. The second-order valence-corrected chi connectivity index (χ2v) is 7.48. The van der Waals surface area contributed by atoms with E-state index in [-0.39, 0.29) is 16.9 Å². The van der Waals surface area contributed by atoms with Crippen molar-refractivity contribution in [3.05, 3.63) is 64.5 Å². The van der Waals surface area contributed by atoms with Gasteiger partial charge in [-0.25, -0.2) is 0 Å². The van der Waals surface area contributed by atoms with Crippen LogP contribution in [-0.4, -0.2) is 10.9 Å². The molecule has 3 aromatic rings. The summed E-state index contributed by atoms with van der Waals surface area (Å²) in [6.45, 7) is 6.42. The molecule has 0 bridgehead atoms. The number of aromatic hydroxyl groups is 1. The van der Waals surface area contributed by atoms with Gasteiger partial charge in [-0.1, -0.05) is 57.2 Å². The van der Waals surface area contributed by atoms with E-state index in [1.807, 2.05) is 48.5 Å². The number of thiophene rings is 1. The van der Waals surface area contributed by atoms with Gasteiger partial charge in [-0.2, -0.15) is 0 Å². The topological polar surface area (TPSA) is 37.3 Å². The van der Waals surface area contributed by atoms with Crippen molar-refractivity contribution < 1.29 is 9.90 Å². The van der Waals surface area contributed by atoms with E-state index in [1.165, 1.54) is 16.9 Å². The molecule has 2 nitrogen and oxygen atoms in total. The number of fused-ring (bicyclic) bond motifs is 1. The second kappa shape index (κ2) is 5.25. The number of carbonyl (C=O) groups excluding carboxylic acids is 1. The quantitative estimate of drug-likeness (QED) is 0.666. The van der Waals surface area contributed by atoms with Crippen LogP contribution in [0.25, 0.3) is 10.1 Å². The molecule has 0 saturated heterocycles. The first-order valence-electron chi connectivity index (χ1n) is 7.23. The van der Waals surface area contributed by atoms with Crippen molar-refractivity contribution >= 4 is 27.2 Å². The molecule has 3 rings (SSSR count). The maximum absolute atomic E-state index is 12.6.